The maximum atomic E-state index is 11.1. The number of esters is 1. The van der Waals surface area contributed by atoms with Gasteiger partial charge in [0.1, 0.15) is 5.82 Å². The topological polar surface area (TPSA) is 80.5 Å². The number of aryl methyl sites for hydroxylation is 2. The maximum Gasteiger partial charge on any atom is 0.305 e. The molecule has 2 N–H and O–H groups in total. The van der Waals surface area contributed by atoms with Gasteiger partial charge in [-0.15, -0.1) is 24.0 Å². The third-order valence-corrected chi connectivity index (χ3v) is 4.25. The van der Waals surface area contributed by atoms with Crippen LogP contribution in [0.1, 0.15) is 31.5 Å². The molecule has 0 amide bonds. The minimum atomic E-state index is -0.158. The highest BCUT2D eigenvalue weighted by Crippen LogP contribution is 2.15. The van der Waals surface area contributed by atoms with E-state index in [1.807, 2.05) is 25.1 Å². The molecular weight excluding hydrogens is 457 g/mol. The first-order chi connectivity index (χ1) is 12.7. The molecule has 0 aliphatic carbocycles. The summed E-state index contributed by atoms with van der Waals surface area (Å²) in [7, 11) is 3.18. The van der Waals surface area contributed by atoms with Crippen LogP contribution in [0, 0.1) is 6.92 Å². The Kier molecular flexibility index (Phi) is 10.8. The summed E-state index contributed by atoms with van der Waals surface area (Å²) < 4.78 is 6.88. The van der Waals surface area contributed by atoms with Crippen molar-refractivity contribution >= 4 is 46.9 Å². The second-order valence-electron chi connectivity index (χ2n) is 6.11. The molecule has 2 aromatic rings. The summed E-state index contributed by atoms with van der Waals surface area (Å²) in [6.07, 6.45) is 3.15. The number of aromatic nitrogens is 2. The molecule has 0 unspecified atom stereocenters. The number of carbonyl (C=O) groups is 1. The normalized spacial score (nSPS) is 11.1. The van der Waals surface area contributed by atoms with Gasteiger partial charge in [0, 0.05) is 33.1 Å². The summed E-state index contributed by atoms with van der Waals surface area (Å²) >= 11 is 0. The van der Waals surface area contributed by atoms with Gasteiger partial charge in [-0.2, -0.15) is 0 Å². The van der Waals surface area contributed by atoms with Crippen LogP contribution < -0.4 is 10.6 Å². The number of para-hydroxylation sites is 2. The first kappa shape index (κ1) is 23.2. The molecule has 27 heavy (non-hydrogen) atoms. The van der Waals surface area contributed by atoms with Gasteiger partial charge in [-0.25, -0.2) is 4.98 Å². The summed E-state index contributed by atoms with van der Waals surface area (Å²) in [5.41, 5.74) is 2.22. The Morgan fingerprint density at radius 2 is 1.89 bits per heavy atom. The predicted molar refractivity (Wildman–Crippen MR) is 120 cm³/mol. The predicted octanol–water partition coefficient (Wildman–Crippen LogP) is 2.86. The minimum absolute atomic E-state index is 0. The lowest BCUT2D eigenvalue weighted by atomic mass is 10.2. The number of guanidine groups is 1. The first-order valence-corrected chi connectivity index (χ1v) is 9.09. The van der Waals surface area contributed by atoms with Gasteiger partial charge in [-0.1, -0.05) is 12.1 Å². The molecule has 0 bridgehead atoms. The van der Waals surface area contributed by atoms with Gasteiger partial charge in [0.05, 0.1) is 18.1 Å². The highest BCUT2D eigenvalue weighted by molar-refractivity contribution is 14.0. The van der Waals surface area contributed by atoms with E-state index in [1.54, 1.807) is 7.05 Å². The lowest BCUT2D eigenvalue weighted by Crippen LogP contribution is -2.38. The van der Waals surface area contributed by atoms with Gasteiger partial charge in [0.25, 0.3) is 0 Å². The second-order valence-corrected chi connectivity index (χ2v) is 6.11. The molecule has 8 heteroatoms. The highest BCUT2D eigenvalue weighted by atomic mass is 127. The lowest BCUT2D eigenvalue weighted by molar-refractivity contribution is -0.140. The zero-order valence-electron chi connectivity index (χ0n) is 16.3. The molecule has 0 fully saturated rings. The number of fused-ring (bicyclic) bond motifs is 1. The fourth-order valence-electron chi connectivity index (χ4n) is 2.85. The number of imidazole rings is 1. The Morgan fingerprint density at radius 1 is 1.19 bits per heavy atom. The van der Waals surface area contributed by atoms with Gasteiger partial charge in [-0.05, 0) is 38.3 Å². The average Bonchev–Trinajstić information content (AvgIpc) is 2.98. The maximum absolute atomic E-state index is 11.1. The molecule has 0 aliphatic heterocycles. The van der Waals surface area contributed by atoms with Gasteiger partial charge in [0.15, 0.2) is 5.96 Å². The molecule has 1 heterocycles. The van der Waals surface area contributed by atoms with Crippen molar-refractivity contribution in [3.63, 3.8) is 0 Å². The number of benzene rings is 1. The zero-order valence-corrected chi connectivity index (χ0v) is 18.7. The van der Waals surface area contributed by atoms with Crippen LogP contribution >= 0.6 is 24.0 Å². The Bertz CT molecular complexity index is 745. The number of aliphatic imine (C=N–C) groups is 1. The molecular formula is C19H30IN5O2. The van der Waals surface area contributed by atoms with Crippen LogP contribution in [0.2, 0.25) is 0 Å². The number of methoxy groups -OCH3 is 1. The number of hydrogen-bond acceptors (Lipinski definition) is 4. The summed E-state index contributed by atoms with van der Waals surface area (Å²) in [4.78, 5) is 19.9. The number of unbranched alkanes of at least 4 members (excludes halogenated alkanes) is 1. The van der Waals surface area contributed by atoms with Crippen molar-refractivity contribution in [3.05, 3.63) is 30.1 Å². The van der Waals surface area contributed by atoms with E-state index in [4.69, 9.17) is 0 Å². The fourth-order valence-corrected chi connectivity index (χ4v) is 2.85. The first-order valence-electron chi connectivity index (χ1n) is 9.09. The zero-order chi connectivity index (χ0) is 18.8. The Balaban J connectivity index is 0.00000364. The van der Waals surface area contributed by atoms with Crippen LogP contribution in [-0.2, 0) is 16.1 Å². The molecule has 1 aromatic carbocycles. The molecule has 7 nitrogen and oxygen atoms in total. The van der Waals surface area contributed by atoms with Crippen LogP contribution in [0.5, 0.6) is 0 Å². The minimum Gasteiger partial charge on any atom is -0.469 e. The summed E-state index contributed by atoms with van der Waals surface area (Å²) in [5.74, 6) is 1.67. The van der Waals surface area contributed by atoms with E-state index in [-0.39, 0.29) is 29.9 Å². The molecule has 0 saturated carbocycles. The number of halogens is 1. The highest BCUT2D eigenvalue weighted by Gasteiger charge is 2.06. The van der Waals surface area contributed by atoms with Gasteiger partial charge in [0.2, 0.25) is 0 Å². The van der Waals surface area contributed by atoms with Crippen molar-refractivity contribution in [3.8, 4) is 0 Å². The molecule has 0 atom stereocenters. The van der Waals surface area contributed by atoms with Crippen molar-refractivity contribution in [2.24, 2.45) is 4.99 Å². The van der Waals surface area contributed by atoms with E-state index in [0.29, 0.717) is 6.42 Å². The van der Waals surface area contributed by atoms with E-state index in [2.05, 4.69) is 36.0 Å². The molecule has 0 aliphatic rings. The van der Waals surface area contributed by atoms with Crippen LogP contribution in [0.4, 0.5) is 0 Å². The molecule has 0 saturated heterocycles. The summed E-state index contributed by atoms with van der Waals surface area (Å²) in [6.45, 7) is 4.56. The Hall–Kier alpha value is -1.84. The lowest BCUT2D eigenvalue weighted by Gasteiger charge is -2.12. The molecule has 0 spiro atoms. The molecule has 1 aromatic heterocycles. The van der Waals surface area contributed by atoms with Crippen LogP contribution in [0.3, 0.4) is 0 Å². The van der Waals surface area contributed by atoms with Gasteiger partial charge < -0.3 is 19.9 Å². The largest absolute Gasteiger partial charge is 0.469 e. The summed E-state index contributed by atoms with van der Waals surface area (Å²) in [5, 5.41) is 6.59. The van der Waals surface area contributed by atoms with Gasteiger partial charge >= 0.3 is 5.97 Å². The monoisotopic (exact) mass is 487 g/mol. The van der Waals surface area contributed by atoms with Crippen molar-refractivity contribution in [1.82, 2.24) is 20.2 Å². The van der Waals surface area contributed by atoms with Crippen LogP contribution in [0.15, 0.2) is 29.3 Å². The SMILES string of the molecule is CN=C(NCCCCC(=O)OC)NCCCn1c(C)nc2ccccc21.I. The molecule has 150 valence electrons. The Morgan fingerprint density at radius 3 is 2.59 bits per heavy atom. The van der Waals surface area contributed by atoms with Crippen molar-refractivity contribution < 1.29 is 9.53 Å². The molecule has 2 rings (SSSR count). The number of hydrogen-bond donors (Lipinski definition) is 2. The average molecular weight is 487 g/mol. The number of ether oxygens (including phenoxy) is 1. The van der Waals surface area contributed by atoms with E-state index >= 15 is 0 Å². The van der Waals surface area contributed by atoms with E-state index in [0.717, 1.165) is 56.2 Å². The second kappa shape index (κ2) is 12.5. The quantitative estimate of drug-likeness (QED) is 0.187. The van der Waals surface area contributed by atoms with E-state index in [9.17, 15) is 4.79 Å². The van der Waals surface area contributed by atoms with E-state index in [1.165, 1.54) is 12.6 Å². The standard InChI is InChI=1S/C19H29N5O2.HI/c1-15-23-16-9-4-5-10-17(16)24(15)14-8-13-22-19(20-2)21-12-7-6-11-18(25)26-3;/h4-5,9-10H,6-8,11-14H2,1-3H3,(H2,20,21,22);1H. The van der Waals surface area contributed by atoms with Crippen molar-refractivity contribution in [1.29, 1.82) is 0 Å². The van der Waals surface area contributed by atoms with Gasteiger partial charge in [-0.3, -0.25) is 9.79 Å². The third kappa shape index (κ3) is 7.36. The van der Waals surface area contributed by atoms with Crippen molar-refractivity contribution in [2.75, 3.05) is 27.2 Å². The third-order valence-electron chi connectivity index (χ3n) is 4.25. The van der Waals surface area contributed by atoms with E-state index < -0.39 is 0 Å². The number of rotatable bonds is 9. The Labute approximate surface area is 178 Å². The van der Waals surface area contributed by atoms with Crippen molar-refractivity contribution in [2.45, 2.75) is 39.2 Å². The summed E-state index contributed by atoms with van der Waals surface area (Å²) in [6, 6.07) is 8.21. The number of carbonyl (C=O) groups excluding carboxylic acids is 1. The smallest absolute Gasteiger partial charge is 0.305 e. The molecule has 0 radical (unpaired) electrons. The van der Waals surface area contributed by atoms with Crippen LogP contribution in [0.25, 0.3) is 11.0 Å². The van der Waals surface area contributed by atoms with Crippen LogP contribution in [-0.4, -0.2) is 48.7 Å². The fraction of sp³-hybridized carbons (Fsp3) is 0.526. The number of nitrogens with one attached hydrogen (secondary N) is 2. The number of nitrogens with zero attached hydrogens (tertiary/aromatic N) is 3.